The van der Waals surface area contributed by atoms with Gasteiger partial charge < -0.3 is 29.2 Å². The highest BCUT2D eigenvalue weighted by atomic mass is 35.5. The minimum atomic E-state index is -4.48. The maximum absolute atomic E-state index is 13.0. The molecule has 0 bridgehead atoms. The molecule has 4 aromatic rings. The van der Waals surface area contributed by atoms with E-state index in [1.807, 2.05) is 16.8 Å². The van der Waals surface area contributed by atoms with Crippen LogP contribution < -0.4 is 15.8 Å². The summed E-state index contributed by atoms with van der Waals surface area (Å²) in [6, 6.07) is 11.2. The third kappa shape index (κ3) is 7.08. The van der Waals surface area contributed by atoms with E-state index in [1.54, 1.807) is 18.2 Å². The molecule has 4 rings (SSSR count). The Balaban J connectivity index is 1.45. The molecule has 0 spiro atoms. The van der Waals surface area contributed by atoms with Gasteiger partial charge in [-0.05, 0) is 42.5 Å². The number of hydrogen-bond acceptors (Lipinski definition) is 8. The molecule has 1 unspecified atom stereocenters. The summed E-state index contributed by atoms with van der Waals surface area (Å²) in [5, 5.41) is 12.3. The molecule has 0 fully saturated rings. The van der Waals surface area contributed by atoms with Gasteiger partial charge in [-0.1, -0.05) is 17.7 Å². The molecule has 2 aromatic carbocycles. The summed E-state index contributed by atoms with van der Waals surface area (Å²) in [6.07, 6.45) is -2.54. The van der Waals surface area contributed by atoms with E-state index >= 15 is 0 Å². The zero-order valence-corrected chi connectivity index (χ0v) is 20.0. The van der Waals surface area contributed by atoms with Crippen LogP contribution in [0.3, 0.4) is 0 Å². The van der Waals surface area contributed by atoms with Gasteiger partial charge in [-0.3, -0.25) is 5.73 Å². The van der Waals surface area contributed by atoms with Crippen LogP contribution in [0.15, 0.2) is 61.1 Å². The standard InChI is InChI=1S/C24H23ClF3N5O4/c25-18-13-16(4-5-20(18)37-17-3-1-2-15(12-17)24(26,27)28)32-22-21-19(30-14-31-22)6-7-33(21)8-9-35-10-11-36-23(29)34/h1-7,12-14,23,34H,8-11,29H2,(H,30,31,32). The molecule has 0 amide bonds. The van der Waals surface area contributed by atoms with E-state index in [0.717, 1.165) is 17.6 Å². The van der Waals surface area contributed by atoms with Gasteiger partial charge >= 0.3 is 6.18 Å². The van der Waals surface area contributed by atoms with E-state index < -0.39 is 18.2 Å². The Morgan fingerprint density at radius 3 is 2.68 bits per heavy atom. The number of alkyl halides is 3. The number of halogens is 4. The number of aliphatic hydroxyl groups excluding tert-OH is 1. The molecule has 0 aliphatic carbocycles. The zero-order chi connectivity index (χ0) is 26.4. The fourth-order valence-corrected chi connectivity index (χ4v) is 3.68. The van der Waals surface area contributed by atoms with Crippen molar-refractivity contribution in [3.8, 4) is 11.5 Å². The van der Waals surface area contributed by atoms with Crippen molar-refractivity contribution in [3.63, 3.8) is 0 Å². The summed E-state index contributed by atoms with van der Waals surface area (Å²) in [5.41, 5.74) is 6.32. The molecule has 0 saturated carbocycles. The van der Waals surface area contributed by atoms with Gasteiger partial charge in [0.1, 0.15) is 23.3 Å². The van der Waals surface area contributed by atoms with E-state index in [9.17, 15) is 13.2 Å². The Bertz CT molecular complexity index is 1350. The summed E-state index contributed by atoms with van der Waals surface area (Å²) in [7, 11) is 0. The Labute approximate surface area is 214 Å². The second kappa shape index (κ2) is 11.8. The summed E-state index contributed by atoms with van der Waals surface area (Å²) in [6.45, 7) is 1.30. The Morgan fingerprint density at radius 1 is 1.08 bits per heavy atom. The molecule has 2 heterocycles. The minimum Gasteiger partial charge on any atom is -0.456 e. The number of nitrogens with zero attached hydrogens (tertiary/aromatic N) is 3. The molecule has 0 saturated heterocycles. The minimum absolute atomic E-state index is 0.0146. The number of anilines is 2. The summed E-state index contributed by atoms with van der Waals surface area (Å²) >= 11 is 6.36. The largest absolute Gasteiger partial charge is 0.456 e. The van der Waals surface area contributed by atoms with Gasteiger partial charge in [0.25, 0.3) is 0 Å². The van der Waals surface area contributed by atoms with Gasteiger partial charge in [-0.25, -0.2) is 9.97 Å². The van der Waals surface area contributed by atoms with Crippen LogP contribution in [0.25, 0.3) is 11.0 Å². The Morgan fingerprint density at radius 2 is 1.92 bits per heavy atom. The van der Waals surface area contributed by atoms with Gasteiger partial charge in [-0.15, -0.1) is 0 Å². The lowest BCUT2D eigenvalue weighted by molar-refractivity contribution is -0.137. The van der Waals surface area contributed by atoms with Gasteiger partial charge in [0.2, 0.25) is 6.41 Å². The first kappa shape index (κ1) is 26.6. The highest BCUT2D eigenvalue weighted by Crippen LogP contribution is 2.36. The average Bonchev–Trinajstić information content (AvgIpc) is 3.26. The molecule has 0 aliphatic rings. The second-order valence-corrected chi connectivity index (χ2v) is 8.14. The molecule has 0 radical (unpaired) electrons. The van der Waals surface area contributed by atoms with E-state index in [2.05, 4.69) is 15.3 Å². The number of fused-ring (bicyclic) bond motifs is 1. The van der Waals surface area contributed by atoms with Crippen LogP contribution in [0.1, 0.15) is 5.56 Å². The summed E-state index contributed by atoms with van der Waals surface area (Å²) in [5.74, 6) is 0.735. The maximum atomic E-state index is 13.0. The van der Waals surface area contributed by atoms with E-state index in [4.69, 9.17) is 36.7 Å². The fourth-order valence-electron chi connectivity index (χ4n) is 3.46. The van der Waals surface area contributed by atoms with Crippen molar-refractivity contribution in [1.29, 1.82) is 0 Å². The highest BCUT2D eigenvalue weighted by molar-refractivity contribution is 6.32. The number of rotatable bonds is 11. The van der Waals surface area contributed by atoms with Crippen molar-refractivity contribution in [1.82, 2.24) is 14.5 Å². The predicted octanol–water partition coefficient (Wildman–Crippen LogP) is 4.91. The van der Waals surface area contributed by atoms with Crippen LogP contribution in [0.2, 0.25) is 5.02 Å². The number of hydrogen-bond donors (Lipinski definition) is 3. The van der Waals surface area contributed by atoms with Gasteiger partial charge in [0.15, 0.2) is 5.82 Å². The Hall–Kier alpha value is -3.42. The second-order valence-electron chi connectivity index (χ2n) is 7.74. The van der Waals surface area contributed by atoms with Crippen LogP contribution >= 0.6 is 11.6 Å². The third-order valence-corrected chi connectivity index (χ3v) is 5.42. The molecule has 13 heteroatoms. The number of ether oxygens (including phenoxy) is 3. The van der Waals surface area contributed by atoms with Crippen molar-refractivity contribution in [2.45, 2.75) is 19.1 Å². The lowest BCUT2D eigenvalue weighted by atomic mass is 10.2. The molecule has 1 atom stereocenters. The number of aliphatic hydroxyl groups is 1. The average molecular weight is 538 g/mol. The van der Waals surface area contributed by atoms with E-state index in [1.165, 1.54) is 18.5 Å². The van der Waals surface area contributed by atoms with Gasteiger partial charge in [0.05, 0.1) is 35.9 Å². The van der Waals surface area contributed by atoms with Crippen LogP contribution in [0.5, 0.6) is 11.5 Å². The van der Waals surface area contributed by atoms with Crippen LogP contribution in [0.4, 0.5) is 24.7 Å². The van der Waals surface area contributed by atoms with Crippen LogP contribution in [0, 0.1) is 0 Å². The van der Waals surface area contributed by atoms with Crippen molar-refractivity contribution < 1.29 is 32.5 Å². The third-order valence-electron chi connectivity index (χ3n) is 5.13. The van der Waals surface area contributed by atoms with Crippen molar-refractivity contribution in [2.24, 2.45) is 5.73 Å². The van der Waals surface area contributed by atoms with Crippen LogP contribution in [-0.2, 0) is 22.2 Å². The molecule has 9 nitrogen and oxygen atoms in total. The summed E-state index contributed by atoms with van der Waals surface area (Å²) < 4.78 is 56.8. The first-order valence-corrected chi connectivity index (χ1v) is 11.4. The Kier molecular flexibility index (Phi) is 8.46. The first-order valence-electron chi connectivity index (χ1n) is 11.1. The van der Waals surface area contributed by atoms with Gasteiger partial charge in [-0.2, -0.15) is 13.2 Å². The van der Waals surface area contributed by atoms with Gasteiger partial charge in [0, 0.05) is 18.4 Å². The van der Waals surface area contributed by atoms with E-state index in [0.29, 0.717) is 30.2 Å². The number of aromatic nitrogens is 3. The normalized spacial score (nSPS) is 12.6. The fraction of sp³-hybridized carbons (Fsp3) is 0.250. The maximum Gasteiger partial charge on any atom is 0.416 e. The number of benzene rings is 2. The highest BCUT2D eigenvalue weighted by Gasteiger charge is 2.30. The molecular weight excluding hydrogens is 515 g/mol. The molecular formula is C24H23ClF3N5O4. The monoisotopic (exact) mass is 537 g/mol. The van der Waals surface area contributed by atoms with Crippen molar-refractivity contribution in [3.05, 3.63) is 71.6 Å². The predicted molar refractivity (Wildman–Crippen MR) is 131 cm³/mol. The number of nitrogens with one attached hydrogen (secondary N) is 1. The van der Waals surface area contributed by atoms with E-state index in [-0.39, 0.29) is 29.7 Å². The summed E-state index contributed by atoms with van der Waals surface area (Å²) in [4.78, 5) is 8.62. The molecule has 196 valence electrons. The number of nitrogens with two attached hydrogens (primary N) is 1. The molecule has 37 heavy (non-hydrogen) atoms. The lowest BCUT2D eigenvalue weighted by Crippen LogP contribution is -2.24. The lowest BCUT2D eigenvalue weighted by Gasteiger charge is -2.13. The first-order chi connectivity index (χ1) is 17.7. The SMILES string of the molecule is NC(O)OCCOCCn1ccc2ncnc(Nc3ccc(Oc4cccc(C(F)(F)F)c4)c(Cl)c3)c21. The molecule has 4 N–H and O–H groups in total. The molecule has 0 aliphatic heterocycles. The van der Waals surface area contributed by atoms with Crippen LogP contribution in [-0.4, -0.2) is 45.9 Å². The quantitative estimate of drug-likeness (QED) is 0.183. The zero-order valence-electron chi connectivity index (χ0n) is 19.3. The van der Waals surface area contributed by atoms with Crippen molar-refractivity contribution in [2.75, 3.05) is 25.1 Å². The topological polar surface area (TPSA) is 117 Å². The smallest absolute Gasteiger partial charge is 0.416 e. The molecule has 2 aromatic heterocycles. The van der Waals surface area contributed by atoms with Crippen molar-refractivity contribution >= 4 is 34.1 Å².